The van der Waals surface area contributed by atoms with Gasteiger partial charge in [0.2, 0.25) is 17.8 Å². The SMILES string of the molecule is O=C(O)c1cnc(N2C[C@H]3C[C@@H](c4ccc(Cc5cnc(N6C[C@H]7C[C@@H](c8ccc(-c9cnc(N%10C[C@H]%11C[C@@H](c%12ccccc%12C(F)(F)F)C[C@H]%11C%10)nc9C(=O)O)cc8C(F)(F)F)C[C@H]7C6)nc5C(=O)O)cc4C(F)(F)F)C[C@H]3C2)nc1. The van der Waals surface area contributed by atoms with Gasteiger partial charge < -0.3 is 30.0 Å². The molecule has 0 unspecified atom stereocenters. The molecule has 0 spiro atoms. The summed E-state index contributed by atoms with van der Waals surface area (Å²) in [6.45, 7) is 2.39. The number of anilines is 3. The van der Waals surface area contributed by atoms with Gasteiger partial charge in [-0.2, -0.15) is 39.5 Å². The molecule has 9 atom stereocenters. The molecule has 0 bridgehead atoms. The first-order valence-electron chi connectivity index (χ1n) is 27.0. The predicted octanol–water partition coefficient (Wildman–Crippen LogP) is 11.4. The van der Waals surface area contributed by atoms with E-state index in [9.17, 15) is 56.0 Å². The Labute approximate surface area is 462 Å². The van der Waals surface area contributed by atoms with Crippen LogP contribution in [0.25, 0.3) is 11.1 Å². The molecular formula is C58H52F9N9O6. The second-order valence-electron chi connectivity index (χ2n) is 22.9. The lowest BCUT2D eigenvalue weighted by atomic mass is 9.88. The van der Waals surface area contributed by atoms with Gasteiger partial charge in [-0.3, -0.25) is 0 Å². The smallest absolute Gasteiger partial charge is 0.416 e. The average Bonchev–Trinajstić information content (AvgIpc) is 4.41. The van der Waals surface area contributed by atoms with E-state index in [0.29, 0.717) is 83.7 Å². The minimum atomic E-state index is -4.83. The highest BCUT2D eigenvalue weighted by Crippen LogP contribution is 2.53. The minimum absolute atomic E-state index is 0.00370. The van der Waals surface area contributed by atoms with E-state index in [4.69, 9.17) is 0 Å². The molecule has 6 aliphatic rings. The van der Waals surface area contributed by atoms with E-state index in [0.717, 1.165) is 18.2 Å². The highest BCUT2D eigenvalue weighted by atomic mass is 19.4. The van der Waals surface area contributed by atoms with E-state index in [1.807, 2.05) is 4.90 Å². The molecule has 3 saturated heterocycles. The lowest BCUT2D eigenvalue weighted by Crippen LogP contribution is -2.25. The second-order valence-corrected chi connectivity index (χ2v) is 22.9. The molecule has 6 fully saturated rings. The second kappa shape index (κ2) is 20.5. The first-order chi connectivity index (χ1) is 38.9. The van der Waals surface area contributed by atoms with Gasteiger partial charge in [0.25, 0.3) is 0 Å². The lowest BCUT2D eigenvalue weighted by molar-refractivity contribution is -0.139. The van der Waals surface area contributed by atoms with Crippen LogP contribution in [-0.2, 0) is 24.9 Å². The maximum atomic E-state index is 15.0. The third-order valence-electron chi connectivity index (χ3n) is 18.1. The van der Waals surface area contributed by atoms with Crippen LogP contribution in [0.4, 0.5) is 57.4 Å². The molecular weight excluding hydrogens is 1090 g/mol. The number of benzene rings is 3. The van der Waals surface area contributed by atoms with Crippen LogP contribution >= 0.6 is 0 Å². The highest BCUT2D eigenvalue weighted by molar-refractivity contribution is 5.94. The number of carboxylic acids is 3. The molecule has 3 aliphatic carbocycles. The molecule has 0 amide bonds. The summed E-state index contributed by atoms with van der Waals surface area (Å²) in [5.74, 6) is -4.91. The van der Waals surface area contributed by atoms with Crippen molar-refractivity contribution in [3.63, 3.8) is 0 Å². The summed E-state index contributed by atoms with van der Waals surface area (Å²) in [5.41, 5.74) is -2.77. The van der Waals surface area contributed by atoms with Crippen molar-refractivity contribution < 1.29 is 69.2 Å². The van der Waals surface area contributed by atoms with Gasteiger partial charge >= 0.3 is 36.4 Å². The highest BCUT2D eigenvalue weighted by Gasteiger charge is 2.48. The number of aromatic carboxylic acids is 3. The summed E-state index contributed by atoms with van der Waals surface area (Å²) in [6.07, 6.45) is -6.68. The molecule has 6 aromatic rings. The number of hydrogen-bond acceptors (Lipinski definition) is 12. The zero-order chi connectivity index (χ0) is 57.7. The van der Waals surface area contributed by atoms with Gasteiger partial charge in [0.15, 0.2) is 11.4 Å². The lowest BCUT2D eigenvalue weighted by Gasteiger charge is -2.23. The zero-order valence-electron chi connectivity index (χ0n) is 43.5. The van der Waals surface area contributed by atoms with Crippen LogP contribution in [0, 0.1) is 35.5 Å². The Morgan fingerprint density at radius 2 is 0.878 bits per heavy atom. The van der Waals surface area contributed by atoms with E-state index in [1.165, 1.54) is 55.1 Å². The molecule has 12 rings (SSSR count). The Bertz CT molecular complexity index is 3470. The van der Waals surface area contributed by atoms with Gasteiger partial charge in [-0.1, -0.05) is 42.5 Å². The van der Waals surface area contributed by atoms with Crippen LogP contribution in [-0.4, -0.2) is 102 Å². The maximum absolute atomic E-state index is 15.0. The molecule has 82 heavy (non-hydrogen) atoms. The Morgan fingerprint density at radius 3 is 1.35 bits per heavy atom. The average molecular weight is 1140 g/mol. The Hall–Kier alpha value is -7.92. The van der Waals surface area contributed by atoms with Crippen LogP contribution in [0.2, 0.25) is 0 Å². The van der Waals surface area contributed by atoms with Crippen LogP contribution in [0.15, 0.2) is 85.5 Å². The Kier molecular flexibility index (Phi) is 13.7. The molecule has 0 radical (unpaired) electrons. The van der Waals surface area contributed by atoms with Crippen molar-refractivity contribution in [2.75, 3.05) is 54.0 Å². The third-order valence-corrected chi connectivity index (χ3v) is 18.1. The fraction of sp³-hybridized carbons (Fsp3) is 0.431. The van der Waals surface area contributed by atoms with Crippen molar-refractivity contribution in [1.82, 2.24) is 29.9 Å². The van der Waals surface area contributed by atoms with Crippen LogP contribution < -0.4 is 14.7 Å². The van der Waals surface area contributed by atoms with Gasteiger partial charge in [0.05, 0.1) is 22.3 Å². The number of halogens is 9. The van der Waals surface area contributed by atoms with Crippen LogP contribution in [0.1, 0.15) is 132 Å². The fourth-order valence-electron chi connectivity index (χ4n) is 14.5. The molecule has 24 heteroatoms. The number of nitrogens with zero attached hydrogens (tertiary/aromatic N) is 9. The van der Waals surface area contributed by atoms with Crippen LogP contribution in [0.5, 0.6) is 0 Å². The van der Waals surface area contributed by atoms with E-state index in [2.05, 4.69) is 29.9 Å². The standard InChI is InChI=1S/C58H52F9N9O6/c59-56(60,61)45-4-2-1-3-41(45)30-11-36-26-76(27-37(36)12-30)55-71-21-44(49(73-55)52(81)82)29-6-8-43(47(17-29)58(65,66)67)32-15-38-24-75(25-39(38)16-32)54-70-18-33(48(72-54)51(79)80)9-28-5-7-42(46(10-28)57(62,63)64)31-13-34-22-74(23-35(34)14-31)53-68-19-40(20-69-53)50(77)78/h1-8,10,17-21,30-32,34-39H,9,11-16,22-27H2,(H,77,78)(H,79,80)(H,81,82)/t30-,31-,32-,34-,35+,36-,37+,38-,39+. The van der Waals surface area contributed by atoms with Gasteiger partial charge in [-0.15, -0.1) is 0 Å². The molecule has 3 aromatic carbocycles. The number of carboxylic acid groups (broad SMARTS) is 3. The quantitative estimate of drug-likeness (QED) is 0.0977. The summed E-state index contributed by atoms with van der Waals surface area (Å²) in [4.78, 5) is 67.9. The van der Waals surface area contributed by atoms with Crippen molar-refractivity contribution in [2.45, 2.75) is 81.2 Å². The largest absolute Gasteiger partial charge is 0.478 e. The van der Waals surface area contributed by atoms with E-state index >= 15 is 13.2 Å². The van der Waals surface area contributed by atoms with E-state index < -0.39 is 70.4 Å². The molecule has 3 saturated carbocycles. The van der Waals surface area contributed by atoms with Gasteiger partial charge in [-0.25, -0.2) is 44.3 Å². The predicted molar refractivity (Wildman–Crippen MR) is 277 cm³/mol. The van der Waals surface area contributed by atoms with E-state index in [-0.39, 0.29) is 110 Å². The number of carbonyl (C=O) groups is 3. The minimum Gasteiger partial charge on any atom is -0.478 e. The topological polar surface area (TPSA) is 199 Å². The Morgan fingerprint density at radius 1 is 0.463 bits per heavy atom. The summed E-state index contributed by atoms with van der Waals surface area (Å²) >= 11 is 0. The van der Waals surface area contributed by atoms with Crippen molar-refractivity contribution in [3.8, 4) is 11.1 Å². The van der Waals surface area contributed by atoms with Gasteiger partial charge in [-0.05, 0) is 138 Å². The first-order valence-corrected chi connectivity index (χ1v) is 27.0. The molecule has 428 valence electrons. The van der Waals surface area contributed by atoms with Crippen molar-refractivity contribution >= 4 is 35.8 Å². The first kappa shape index (κ1) is 54.7. The normalized spacial score (nSPS) is 25.2. The summed E-state index contributed by atoms with van der Waals surface area (Å²) in [6, 6.07) is 13.3. The van der Waals surface area contributed by atoms with E-state index in [1.54, 1.807) is 21.9 Å². The molecule has 15 nitrogen and oxygen atoms in total. The fourth-order valence-corrected chi connectivity index (χ4v) is 14.5. The van der Waals surface area contributed by atoms with Gasteiger partial charge in [0.1, 0.15) is 0 Å². The third kappa shape index (κ3) is 10.4. The molecule has 3 N–H and O–H groups in total. The zero-order valence-corrected chi connectivity index (χ0v) is 43.5. The maximum Gasteiger partial charge on any atom is 0.416 e. The number of hydrogen-bond donors (Lipinski definition) is 3. The monoisotopic (exact) mass is 1140 g/mol. The number of fused-ring (bicyclic) bond motifs is 3. The molecule has 3 aromatic heterocycles. The molecule has 3 aliphatic heterocycles. The number of alkyl halides is 9. The van der Waals surface area contributed by atoms with Crippen molar-refractivity contribution in [2.24, 2.45) is 35.5 Å². The summed E-state index contributed by atoms with van der Waals surface area (Å²) < 4.78 is 131. The molecule has 6 heterocycles. The number of rotatable bonds is 12. The van der Waals surface area contributed by atoms with Crippen LogP contribution in [0.3, 0.4) is 0 Å². The summed E-state index contributed by atoms with van der Waals surface area (Å²) in [5, 5.41) is 29.8. The summed E-state index contributed by atoms with van der Waals surface area (Å²) in [7, 11) is 0. The Balaban J connectivity index is 0.697. The van der Waals surface area contributed by atoms with Crippen molar-refractivity contribution in [1.29, 1.82) is 0 Å². The number of aromatic nitrogens is 6. The van der Waals surface area contributed by atoms with Gasteiger partial charge in [0, 0.05) is 81.6 Å². The van der Waals surface area contributed by atoms with Crippen molar-refractivity contribution in [3.05, 3.63) is 147 Å².